The second kappa shape index (κ2) is 4.34. The van der Waals surface area contributed by atoms with Gasteiger partial charge in [0.05, 0.1) is 4.88 Å². The topological polar surface area (TPSA) is 29.1 Å². The van der Waals surface area contributed by atoms with Crippen LogP contribution in [-0.4, -0.2) is 11.4 Å². The van der Waals surface area contributed by atoms with Crippen LogP contribution in [0.15, 0.2) is 17.5 Å². The Bertz CT molecular complexity index is 467. The molecule has 4 aliphatic carbocycles. The summed E-state index contributed by atoms with van der Waals surface area (Å²) in [6, 6.07) is 3.90. The van der Waals surface area contributed by atoms with E-state index in [-0.39, 0.29) is 11.4 Å². The third kappa shape index (κ3) is 2.12. The Morgan fingerprint density at radius 3 is 2.63 bits per heavy atom. The Balaban J connectivity index is 1.57. The molecule has 4 bridgehead atoms. The minimum atomic E-state index is 0.125. The van der Waals surface area contributed by atoms with Crippen molar-refractivity contribution < 1.29 is 4.79 Å². The van der Waals surface area contributed by atoms with Crippen molar-refractivity contribution in [2.24, 2.45) is 17.8 Å². The summed E-state index contributed by atoms with van der Waals surface area (Å²) in [6.07, 6.45) is 9.28. The fourth-order valence-corrected chi connectivity index (χ4v) is 5.64. The van der Waals surface area contributed by atoms with Crippen LogP contribution in [-0.2, 0) is 0 Å². The van der Waals surface area contributed by atoms with E-state index in [1.165, 1.54) is 44.9 Å². The van der Waals surface area contributed by atoms with Crippen LogP contribution in [0.5, 0.6) is 0 Å². The van der Waals surface area contributed by atoms with Gasteiger partial charge in [0, 0.05) is 5.54 Å². The lowest BCUT2D eigenvalue weighted by atomic mass is 9.65. The van der Waals surface area contributed by atoms with Crippen molar-refractivity contribution in [3.63, 3.8) is 0 Å². The molecule has 102 valence electrons. The van der Waals surface area contributed by atoms with Gasteiger partial charge in [-0.15, -0.1) is 11.3 Å². The summed E-state index contributed by atoms with van der Waals surface area (Å²) in [5.41, 5.74) is 0.125. The number of nitrogens with one attached hydrogen (secondary N) is 1. The average Bonchev–Trinajstić information content (AvgIpc) is 2.83. The van der Waals surface area contributed by atoms with Crippen LogP contribution >= 0.6 is 11.3 Å². The summed E-state index contributed by atoms with van der Waals surface area (Å²) in [5, 5.41) is 5.42. The van der Waals surface area contributed by atoms with Crippen LogP contribution < -0.4 is 5.32 Å². The lowest BCUT2D eigenvalue weighted by molar-refractivity contribution is 0.0718. The number of thiophene rings is 1. The molecule has 4 aliphatic rings. The van der Waals surface area contributed by atoms with Gasteiger partial charge in [-0.2, -0.15) is 0 Å². The molecule has 0 saturated heterocycles. The molecule has 0 radical (unpaired) electrons. The first-order valence-electron chi connectivity index (χ1n) is 7.58. The molecule has 0 spiro atoms. The van der Waals surface area contributed by atoms with Crippen molar-refractivity contribution in [2.75, 3.05) is 0 Å². The van der Waals surface area contributed by atoms with Crippen LogP contribution in [0.1, 0.15) is 54.6 Å². The smallest absolute Gasteiger partial charge is 0.261 e. The van der Waals surface area contributed by atoms with E-state index >= 15 is 0 Å². The maximum atomic E-state index is 12.4. The molecular weight excluding hydrogens is 254 g/mol. The summed E-state index contributed by atoms with van der Waals surface area (Å²) in [4.78, 5) is 13.3. The molecule has 2 unspecified atom stereocenters. The SMILES string of the molecule is O=C(NC12CCC3C[C@H](C[C@H](C3)C1)C2)c1cccs1. The summed E-state index contributed by atoms with van der Waals surface area (Å²) in [7, 11) is 0. The molecule has 2 nitrogen and oxygen atoms in total. The highest BCUT2D eigenvalue weighted by atomic mass is 32.1. The van der Waals surface area contributed by atoms with Crippen molar-refractivity contribution in [3.05, 3.63) is 22.4 Å². The lowest BCUT2D eigenvalue weighted by Gasteiger charge is -2.45. The number of amides is 1. The molecular formula is C16H21NOS. The third-order valence-electron chi connectivity index (χ3n) is 5.51. The Morgan fingerprint density at radius 1 is 1.21 bits per heavy atom. The first-order valence-corrected chi connectivity index (χ1v) is 8.46. The standard InChI is InChI=1S/C16H21NOS/c18-15(14-2-1-5-19-14)17-16-4-3-11-6-12(9-16)8-13(7-11)10-16/h1-2,5,11-13H,3-4,6-10H2,(H,17,18)/t11?,12-,13+,16?. The van der Waals surface area contributed by atoms with Gasteiger partial charge in [-0.1, -0.05) is 6.07 Å². The molecule has 1 N–H and O–H groups in total. The van der Waals surface area contributed by atoms with E-state index in [0.29, 0.717) is 0 Å². The molecule has 5 rings (SSSR count). The van der Waals surface area contributed by atoms with Gasteiger partial charge in [0.25, 0.3) is 5.91 Å². The molecule has 4 fully saturated rings. The van der Waals surface area contributed by atoms with Crippen LogP contribution in [0.3, 0.4) is 0 Å². The zero-order valence-electron chi connectivity index (χ0n) is 11.2. The molecule has 1 aromatic heterocycles. The van der Waals surface area contributed by atoms with Crippen molar-refractivity contribution in [1.82, 2.24) is 5.32 Å². The summed E-state index contributed by atoms with van der Waals surface area (Å²) in [6.45, 7) is 0. The van der Waals surface area contributed by atoms with E-state index in [1.807, 2.05) is 17.5 Å². The maximum Gasteiger partial charge on any atom is 0.261 e. The van der Waals surface area contributed by atoms with Crippen LogP contribution in [0.25, 0.3) is 0 Å². The monoisotopic (exact) mass is 275 g/mol. The van der Waals surface area contributed by atoms with E-state index < -0.39 is 0 Å². The molecule has 1 amide bonds. The van der Waals surface area contributed by atoms with Gasteiger partial charge in [-0.3, -0.25) is 4.79 Å². The zero-order valence-corrected chi connectivity index (χ0v) is 12.0. The van der Waals surface area contributed by atoms with Gasteiger partial charge in [-0.25, -0.2) is 0 Å². The minimum Gasteiger partial charge on any atom is -0.346 e. The maximum absolute atomic E-state index is 12.4. The molecule has 3 heteroatoms. The first-order chi connectivity index (χ1) is 9.22. The first kappa shape index (κ1) is 12.0. The third-order valence-corrected chi connectivity index (χ3v) is 6.38. The number of hydrogen-bond donors (Lipinski definition) is 1. The van der Waals surface area contributed by atoms with Crippen molar-refractivity contribution in [2.45, 2.75) is 50.5 Å². The molecule has 4 atom stereocenters. The van der Waals surface area contributed by atoms with Crippen LogP contribution in [0.2, 0.25) is 0 Å². The lowest BCUT2D eigenvalue weighted by Crippen LogP contribution is -2.52. The Kier molecular flexibility index (Phi) is 2.73. The molecule has 0 aromatic carbocycles. The van der Waals surface area contributed by atoms with Gasteiger partial charge in [0.1, 0.15) is 0 Å². The van der Waals surface area contributed by atoms with Gasteiger partial charge in [0.15, 0.2) is 0 Å². The quantitative estimate of drug-likeness (QED) is 0.873. The van der Waals surface area contributed by atoms with Crippen molar-refractivity contribution in [1.29, 1.82) is 0 Å². The number of rotatable bonds is 2. The molecule has 19 heavy (non-hydrogen) atoms. The van der Waals surface area contributed by atoms with Gasteiger partial charge in [0.2, 0.25) is 0 Å². The van der Waals surface area contributed by atoms with Crippen LogP contribution in [0.4, 0.5) is 0 Å². The van der Waals surface area contributed by atoms with Gasteiger partial charge >= 0.3 is 0 Å². The zero-order chi connectivity index (χ0) is 12.9. The fraction of sp³-hybridized carbons (Fsp3) is 0.688. The predicted molar refractivity (Wildman–Crippen MR) is 77.3 cm³/mol. The number of carbonyl (C=O) groups excluding carboxylic acids is 1. The van der Waals surface area contributed by atoms with E-state index in [4.69, 9.17) is 0 Å². The van der Waals surface area contributed by atoms with Crippen molar-refractivity contribution in [3.8, 4) is 0 Å². The highest BCUT2D eigenvalue weighted by molar-refractivity contribution is 7.12. The largest absolute Gasteiger partial charge is 0.346 e. The summed E-state index contributed by atoms with van der Waals surface area (Å²) in [5.74, 6) is 2.87. The molecule has 4 saturated carbocycles. The normalized spacial score (nSPS) is 40.1. The van der Waals surface area contributed by atoms with Crippen molar-refractivity contribution >= 4 is 17.2 Å². The number of fused-ring (bicyclic) bond motifs is 1. The number of hydrogen-bond acceptors (Lipinski definition) is 2. The van der Waals surface area contributed by atoms with E-state index in [0.717, 1.165) is 22.6 Å². The Labute approximate surface area is 118 Å². The van der Waals surface area contributed by atoms with Gasteiger partial charge in [-0.05, 0) is 74.1 Å². The Hall–Kier alpha value is -0.830. The Morgan fingerprint density at radius 2 is 1.95 bits per heavy atom. The average molecular weight is 275 g/mol. The summed E-state index contributed by atoms with van der Waals surface area (Å²) < 4.78 is 0. The second-order valence-corrected chi connectivity index (χ2v) is 7.91. The van der Waals surface area contributed by atoms with E-state index in [9.17, 15) is 4.79 Å². The van der Waals surface area contributed by atoms with Crippen LogP contribution in [0, 0.1) is 17.8 Å². The molecule has 1 heterocycles. The van der Waals surface area contributed by atoms with Gasteiger partial charge < -0.3 is 5.32 Å². The second-order valence-electron chi connectivity index (χ2n) is 6.96. The highest BCUT2D eigenvalue weighted by Gasteiger charge is 2.48. The molecule has 1 aromatic rings. The summed E-state index contributed by atoms with van der Waals surface area (Å²) >= 11 is 1.55. The van der Waals surface area contributed by atoms with E-state index in [1.54, 1.807) is 11.3 Å². The molecule has 0 aliphatic heterocycles. The fourth-order valence-electron chi connectivity index (χ4n) is 5.02. The minimum absolute atomic E-state index is 0.125. The number of carbonyl (C=O) groups is 1. The highest BCUT2D eigenvalue weighted by Crippen LogP contribution is 2.53. The predicted octanol–water partition coefficient (Wildman–Crippen LogP) is 3.84. The van der Waals surface area contributed by atoms with E-state index in [2.05, 4.69) is 5.32 Å².